The summed E-state index contributed by atoms with van der Waals surface area (Å²) in [6, 6.07) is 38.9. The highest BCUT2D eigenvalue weighted by molar-refractivity contribution is 8.93. The zero-order valence-corrected chi connectivity index (χ0v) is 18.7. The van der Waals surface area contributed by atoms with Crippen molar-refractivity contribution in [2.45, 2.75) is 11.3 Å². The molecule has 0 spiro atoms. The van der Waals surface area contributed by atoms with Gasteiger partial charge in [-0.1, -0.05) is 118 Å². The SMILES string of the molecule is Br.Fc1ccccc1CPC(c1ccccc1)(c1ccccc1)c1ccccc1. The van der Waals surface area contributed by atoms with Crippen LogP contribution in [0.3, 0.4) is 0 Å². The van der Waals surface area contributed by atoms with E-state index < -0.39 is 0 Å². The van der Waals surface area contributed by atoms with Crippen LogP contribution in [0.25, 0.3) is 0 Å². The summed E-state index contributed by atoms with van der Waals surface area (Å²) in [5.74, 6) is -0.127. The summed E-state index contributed by atoms with van der Waals surface area (Å²) in [4.78, 5) is 0. The molecule has 0 bridgehead atoms. The molecule has 1 atom stereocenters. The topological polar surface area (TPSA) is 0 Å². The summed E-state index contributed by atoms with van der Waals surface area (Å²) < 4.78 is 14.4. The van der Waals surface area contributed by atoms with Crippen molar-refractivity contribution in [2.75, 3.05) is 0 Å². The van der Waals surface area contributed by atoms with Crippen molar-refractivity contribution in [1.29, 1.82) is 0 Å². The molecule has 4 rings (SSSR count). The number of hydrogen-bond acceptors (Lipinski definition) is 0. The molecule has 4 aromatic rings. The minimum absolute atomic E-state index is 0. The van der Waals surface area contributed by atoms with Crippen molar-refractivity contribution in [3.8, 4) is 0 Å². The molecule has 0 heterocycles. The van der Waals surface area contributed by atoms with Gasteiger partial charge < -0.3 is 0 Å². The summed E-state index contributed by atoms with van der Waals surface area (Å²) in [6.45, 7) is 0. The molecule has 0 N–H and O–H groups in total. The molecule has 0 fully saturated rings. The lowest BCUT2D eigenvalue weighted by Crippen LogP contribution is -2.24. The molecule has 4 aromatic carbocycles. The van der Waals surface area contributed by atoms with Crippen LogP contribution >= 0.6 is 25.6 Å². The second-order valence-electron chi connectivity index (χ2n) is 6.79. The molecule has 0 aliphatic heterocycles. The van der Waals surface area contributed by atoms with Gasteiger partial charge >= 0.3 is 0 Å². The summed E-state index contributed by atoms with van der Waals surface area (Å²) in [6.07, 6.45) is 0.686. The van der Waals surface area contributed by atoms with Gasteiger partial charge in [-0.25, -0.2) is 4.39 Å². The van der Waals surface area contributed by atoms with E-state index in [0.717, 1.165) is 5.56 Å². The van der Waals surface area contributed by atoms with Crippen LogP contribution in [0.1, 0.15) is 22.3 Å². The summed E-state index contributed by atoms with van der Waals surface area (Å²) in [7, 11) is 0.460. The molecular formula is C26H23BrFP. The van der Waals surface area contributed by atoms with Crippen molar-refractivity contribution in [3.63, 3.8) is 0 Å². The molecule has 1 unspecified atom stereocenters. The van der Waals surface area contributed by atoms with Gasteiger partial charge in [-0.3, -0.25) is 0 Å². The summed E-state index contributed by atoms with van der Waals surface area (Å²) in [5, 5.41) is -0.313. The molecule has 29 heavy (non-hydrogen) atoms. The van der Waals surface area contributed by atoms with E-state index in [9.17, 15) is 4.39 Å². The van der Waals surface area contributed by atoms with Gasteiger partial charge in [0.2, 0.25) is 0 Å². The van der Waals surface area contributed by atoms with Crippen LogP contribution in [0.15, 0.2) is 115 Å². The lowest BCUT2D eigenvalue weighted by atomic mass is 9.84. The van der Waals surface area contributed by atoms with Crippen LogP contribution < -0.4 is 0 Å². The first-order valence-electron chi connectivity index (χ1n) is 9.46. The van der Waals surface area contributed by atoms with Crippen LogP contribution in [-0.2, 0) is 11.3 Å². The molecule has 0 aromatic heterocycles. The van der Waals surface area contributed by atoms with Gasteiger partial charge in [0, 0.05) is 0 Å². The van der Waals surface area contributed by atoms with Gasteiger partial charge in [0.25, 0.3) is 0 Å². The van der Waals surface area contributed by atoms with Crippen molar-refractivity contribution >= 4 is 25.6 Å². The highest BCUT2D eigenvalue weighted by atomic mass is 79.9. The maximum absolute atomic E-state index is 14.4. The van der Waals surface area contributed by atoms with Crippen LogP contribution in [0, 0.1) is 5.82 Å². The normalized spacial score (nSPS) is 11.3. The molecule has 0 nitrogen and oxygen atoms in total. The maximum Gasteiger partial charge on any atom is 0.126 e. The van der Waals surface area contributed by atoms with Crippen molar-refractivity contribution in [2.24, 2.45) is 0 Å². The van der Waals surface area contributed by atoms with E-state index in [1.807, 2.05) is 30.3 Å². The first kappa shape index (κ1) is 21.4. The monoisotopic (exact) mass is 464 g/mol. The van der Waals surface area contributed by atoms with Crippen LogP contribution in [0.5, 0.6) is 0 Å². The van der Waals surface area contributed by atoms with E-state index in [4.69, 9.17) is 0 Å². The first-order valence-corrected chi connectivity index (χ1v) is 10.7. The number of rotatable bonds is 6. The third-order valence-corrected chi connectivity index (χ3v) is 7.08. The highest BCUT2D eigenvalue weighted by Gasteiger charge is 2.36. The third-order valence-electron chi connectivity index (χ3n) is 5.12. The molecule has 146 valence electrons. The Labute approximate surface area is 184 Å². The standard InChI is InChI=1S/C26H22FP.BrH/c27-25-19-11-10-12-21(25)20-28-26(22-13-4-1-5-14-22,23-15-6-2-7-16-23)24-17-8-3-9-18-24;/h1-19,28H,20H2;1H. The van der Waals surface area contributed by atoms with Gasteiger partial charge in [0.05, 0.1) is 5.16 Å². The lowest BCUT2D eigenvalue weighted by Gasteiger charge is -2.36. The van der Waals surface area contributed by atoms with Gasteiger partial charge in [0.1, 0.15) is 5.82 Å². The van der Waals surface area contributed by atoms with Gasteiger partial charge in [0.15, 0.2) is 0 Å². The summed E-state index contributed by atoms with van der Waals surface area (Å²) >= 11 is 0. The molecular weight excluding hydrogens is 442 g/mol. The average molecular weight is 465 g/mol. The van der Waals surface area contributed by atoms with E-state index in [1.54, 1.807) is 12.1 Å². The Bertz CT molecular complexity index is 923. The molecule has 0 aliphatic carbocycles. The van der Waals surface area contributed by atoms with Gasteiger partial charge in [-0.05, 0) is 34.5 Å². The predicted octanol–water partition coefficient (Wildman–Crippen LogP) is 7.57. The minimum Gasteiger partial charge on any atom is -0.207 e. The third kappa shape index (κ3) is 4.50. The number of benzene rings is 4. The minimum atomic E-state index is -0.313. The Kier molecular flexibility index (Phi) is 7.36. The second kappa shape index (κ2) is 9.96. The first-order chi connectivity index (χ1) is 13.8. The zero-order chi connectivity index (χ0) is 19.2. The summed E-state index contributed by atoms with van der Waals surface area (Å²) in [5.41, 5.74) is 4.49. The predicted molar refractivity (Wildman–Crippen MR) is 128 cm³/mol. The average Bonchev–Trinajstić information content (AvgIpc) is 2.78. The molecule has 3 heteroatoms. The fourth-order valence-electron chi connectivity index (χ4n) is 3.74. The Balaban J connectivity index is 0.00000240. The second-order valence-corrected chi connectivity index (χ2v) is 8.25. The van der Waals surface area contributed by atoms with Gasteiger partial charge in [-0.2, -0.15) is 0 Å². The van der Waals surface area contributed by atoms with Crippen LogP contribution in [0.4, 0.5) is 4.39 Å². The quantitative estimate of drug-likeness (QED) is 0.204. The smallest absolute Gasteiger partial charge is 0.126 e. The zero-order valence-electron chi connectivity index (χ0n) is 16.0. The Hall–Kier alpha value is -2.28. The number of hydrogen-bond donors (Lipinski definition) is 0. The molecule has 0 saturated carbocycles. The Morgan fingerprint density at radius 3 is 1.34 bits per heavy atom. The van der Waals surface area contributed by atoms with E-state index in [2.05, 4.69) is 72.8 Å². The van der Waals surface area contributed by atoms with E-state index in [-0.39, 0.29) is 28.0 Å². The van der Waals surface area contributed by atoms with Crippen molar-refractivity contribution in [3.05, 3.63) is 143 Å². The highest BCUT2D eigenvalue weighted by Crippen LogP contribution is 2.53. The maximum atomic E-state index is 14.4. The van der Waals surface area contributed by atoms with Crippen LogP contribution in [-0.4, -0.2) is 0 Å². The Morgan fingerprint density at radius 1 is 0.552 bits per heavy atom. The van der Waals surface area contributed by atoms with Crippen LogP contribution in [0.2, 0.25) is 0 Å². The van der Waals surface area contributed by atoms with Crippen molar-refractivity contribution in [1.82, 2.24) is 0 Å². The van der Waals surface area contributed by atoms with E-state index in [0.29, 0.717) is 14.7 Å². The number of halogens is 2. The fraction of sp³-hybridized carbons (Fsp3) is 0.0769. The molecule has 0 amide bonds. The Morgan fingerprint density at radius 2 is 0.931 bits per heavy atom. The molecule has 0 aliphatic rings. The van der Waals surface area contributed by atoms with E-state index >= 15 is 0 Å². The largest absolute Gasteiger partial charge is 0.207 e. The molecule has 0 radical (unpaired) electrons. The molecule has 0 saturated heterocycles. The van der Waals surface area contributed by atoms with E-state index in [1.165, 1.54) is 16.7 Å². The fourth-order valence-corrected chi connectivity index (χ4v) is 5.59. The van der Waals surface area contributed by atoms with Crippen molar-refractivity contribution < 1.29 is 4.39 Å². The van der Waals surface area contributed by atoms with Gasteiger partial charge in [-0.15, -0.1) is 17.0 Å². The lowest BCUT2D eigenvalue weighted by molar-refractivity contribution is 0.617.